The van der Waals surface area contributed by atoms with Gasteiger partial charge in [-0.15, -0.1) is 0 Å². The third-order valence-electron chi connectivity index (χ3n) is 4.86. The van der Waals surface area contributed by atoms with E-state index < -0.39 is 0 Å². The minimum Gasteiger partial charge on any atom is -0.379 e. The topological polar surface area (TPSA) is 61.9 Å². The van der Waals surface area contributed by atoms with E-state index >= 15 is 0 Å². The van der Waals surface area contributed by atoms with Gasteiger partial charge in [-0.1, -0.05) is 0 Å². The van der Waals surface area contributed by atoms with Gasteiger partial charge in [0, 0.05) is 38.3 Å². The van der Waals surface area contributed by atoms with Gasteiger partial charge in [0.2, 0.25) is 5.91 Å². The summed E-state index contributed by atoms with van der Waals surface area (Å²) >= 11 is 0. The summed E-state index contributed by atoms with van der Waals surface area (Å²) in [6.07, 6.45) is 1.28. The summed E-state index contributed by atoms with van der Waals surface area (Å²) in [5.74, 6) is 0.110. The lowest BCUT2D eigenvalue weighted by Gasteiger charge is -2.26. The Bertz CT molecular complexity index is 653. The van der Waals surface area contributed by atoms with Gasteiger partial charge in [-0.3, -0.25) is 14.5 Å². The maximum atomic E-state index is 12.4. The van der Waals surface area contributed by atoms with Gasteiger partial charge in [0.1, 0.15) is 0 Å². The number of carbonyl (C=O) groups is 2. The molecule has 0 bridgehead atoms. The van der Waals surface area contributed by atoms with E-state index in [1.54, 1.807) is 0 Å². The molecule has 2 amide bonds. The van der Waals surface area contributed by atoms with Crippen molar-refractivity contribution in [3.8, 4) is 0 Å². The fourth-order valence-corrected chi connectivity index (χ4v) is 3.67. The van der Waals surface area contributed by atoms with Crippen molar-refractivity contribution in [2.45, 2.75) is 12.8 Å². The number of hydrogen-bond donors (Lipinski definition) is 1. The lowest BCUT2D eigenvalue weighted by molar-refractivity contribution is -0.117. The molecule has 3 aliphatic heterocycles. The third kappa shape index (κ3) is 2.72. The highest BCUT2D eigenvalue weighted by molar-refractivity contribution is 6.05. The number of ether oxygens (including phenoxy) is 1. The van der Waals surface area contributed by atoms with Crippen LogP contribution in [0.1, 0.15) is 21.5 Å². The maximum absolute atomic E-state index is 12.4. The number of anilines is 1. The first-order valence-corrected chi connectivity index (χ1v) is 8.27. The molecule has 0 unspecified atom stereocenters. The summed E-state index contributed by atoms with van der Waals surface area (Å²) in [6.45, 7) is 5.63. The molecular weight excluding hydrogens is 294 g/mol. The second-order valence-electron chi connectivity index (χ2n) is 6.33. The number of carbonyl (C=O) groups excluding carboxylic acids is 2. The summed E-state index contributed by atoms with van der Waals surface area (Å²) in [5.41, 5.74) is 3.87. The fourth-order valence-electron chi connectivity index (χ4n) is 3.67. The van der Waals surface area contributed by atoms with E-state index in [2.05, 4.69) is 10.2 Å². The summed E-state index contributed by atoms with van der Waals surface area (Å²) in [4.78, 5) is 28.5. The molecule has 0 aliphatic carbocycles. The molecule has 6 nitrogen and oxygen atoms in total. The Labute approximate surface area is 135 Å². The highest BCUT2D eigenvalue weighted by Gasteiger charge is 2.34. The lowest BCUT2D eigenvalue weighted by atomic mass is 10.0. The predicted molar refractivity (Wildman–Crippen MR) is 85.8 cm³/mol. The molecule has 1 fully saturated rings. The van der Waals surface area contributed by atoms with Crippen LogP contribution < -0.4 is 10.2 Å². The Balaban J connectivity index is 1.40. The van der Waals surface area contributed by atoms with E-state index in [1.807, 2.05) is 17.0 Å². The molecule has 0 spiro atoms. The Morgan fingerprint density at radius 1 is 1.17 bits per heavy atom. The number of rotatable bonds is 4. The first-order chi connectivity index (χ1) is 11.2. The molecule has 1 saturated heterocycles. The lowest BCUT2D eigenvalue weighted by Crippen LogP contribution is -2.41. The number of benzene rings is 1. The molecule has 0 saturated carbocycles. The Morgan fingerprint density at radius 3 is 2.78 bits per heavy atom. The van der Waals surface area contributed by atoms with Crippen molar-refractivity contribution < 1.29 is 14.3 Å². The van der Waals surface area contributed by atoms with Crippen LogP contribution in [0.2, 0.25) is 0 Å². The van der Waals surface area contributed by atoms with Crippen molar-refractivity contribution in [3.05, 3.63) is 28.8 Å². The van der Waals surface area contributed by atoms with Gasteiger partial charge in [0.15, 0.2) is 0 Å². The van der Waals surface area contributed by atoms with Crippen molar-refractivity contribution in [1.82, 2.24) is 10.2 Å². The zero-order valence-electron chi connectivity index (χ0n) is 13.1. The van der Waals surface area contributed by atoms with E-state index in [4.69, 9.17) is 4.74 Å². The largest absolute Gasteiger partial charge is 0.379 e. The van der Waals surface area contributed by atoms with Crippen molar-refractivity contribution >= 4 is 17.5 Å². The van der Waals surface area contributed by atoms with Crippen molar-refractivity contribution in [3.63, 3.8) is 0 Å². The average molecular weight is 315 g/mol. The molecule has 3 aliphatic rings. The van der Waals surface area contributed by atoms with Crippen LogP contribution in [0, 0.1) is 0 Å². The third-order valence-corrected chi connectivity index (χ3v) is 4.86. The van der Waals surface area contributed by atoms with Crippen molar-refractivity contribution in [1.29, 1.82) is 0 Å². The Morgan fingerprint density at radius 2 is 1.96 bits per heavy atom. The maximum Gasteiger partial charge on any atom is 0.251 e. The average Bonchev–Trinajstić information content (AvgIpc) is 3.13. The van der Waals surface area contributed by atoms with E-state index in [-0.39, 0.29) is 11.8 Å². The number of nitrogens with zero attached hydrogens (tertiary/aromatic N) is 2. The summed E-state index contributed by atoms with van der Waals surface area (Å²) in [7, 11) is 0. The van der Waals surface area contributed by atoms with E-state index in [0.29, 0.717) is 18.5 Å². The van der Waals surface area contributed by atoms with E-state index in [9.17, 15) is 9.59 Å². The minimum absolute atomic E-state index is 0.0462. The number of amides is 2. The second kappa shape index (κ2) is 5.94. The van der Waals surface area contributed by atoms with Crippen LogP contribution in [-0.2, 0) is 22.4 Å². The normalized spacial score (nSPS) is 20.0. The van der Waals surface area contributed by atoms with Gasteiger partial charge in [-0.05, 0) is 29.7 Å². The molecule has 0 aromatic heterocycles. The summed E-state index contributed by atoms with van der Waals surface area (Å²) in [6, 6.07) is 3.83. The first-order valence-electron chi connectivity index (χ1n) is 8.27. The highest BCUT2D eigenvalue weighted by atomic mass is 16.5. The Hall–Kier alpha value is -1.92. The molecule has 1 aromatic carbocycles. The van der Waals surface area contributed by atoms with Crippen LogP contribution >= 0.6 is 0 Å². The molecule has 1 aromatic rings. The number of hydrogen-bond acceptors (Lipinski definition) is 4. The summed E-state index contributed by atoms with van der Waals surface area (Å²) < 4.78 is 5.32. The summed E-state index contributed by atoms with van der Waals surface area (Å²) in [5, 5.41) is 2.99. The van der Waals surface area contributed by atoms with Gasteiger partial charge >= 0.3 is 0 Å². The Kier molecular flexibility index (Phi) is 3.79. The highest BCUT2D eigenvalue weighted by Crippen LogP contribution is 2.38. The SMILES string of the molecule is O=C(NCCN1CCOCC1)c1cc2c3c(c1)CC(=O)N3CC2. The van der Waals surface area contributed by atoms with Gasteiger partial charge in [-0.2, -0.15) is 0 Å². The standard InChI is InChI=1S/C17H21N3O3/c21-15-11-13-10-14(9-12-1-3-20(15)16(12)13)17(22)18-2-4-19-5-7-23-8-6-19/h9-10H,1-8,11H2,(H,18,22). The van der Waals surface area contributed by atoms with Crippen LogP contribution in [0.3, 0.4) is 0 Å². The molecule has 1 N–H and O–H groups in total. The van der Waals surface area contributed by atoms with Gasteiger partial charge in [-0.25, -0.2) is 0 Å². The molecule has 6 heteroatoms. The monoisotopic (exact) mass is 315 g/mol. The minimum atomic E-state index is -0.0462. The molecular formula is C17H21N3O3. The van der Waals surface area contributed by atoms with Crippen LogP contribution in [0.5, 0.6) is 0 Å². The first kappa shape index (κ1) is 14.7. The smallest absolute Gasteiger partial charge is 0.251 e. The number of morpholine rings is 1. The quantitative estimate of drug-likeness (QED) is 0.862. The molecule has 0 atom stereocenters. The van der Waals surface area contributed by atoms with E-state index in [0.717, 1.165) is 62.6 Å². The van der Waals surface area contributed by atoms with Gasteiger partial charge < -0.3 is 15.0 Å². The predicted octanol–water partition coefficient (Wildman–Crippen LogP) is 0.194. The van der Waals surface area contributed by atoms with Crippen LogP contribution in [0.4, 0.5) is 5.69 Å². The van der Waals surface area contributed by atoms with Gasteiger partial charge in [0.05, 0.1) is 25.3 Å². The van der Waals surface area contributed by atoms with Crippen LogP contribution in [0.25, 0.3) is 0 Å². The second-order valence-corrected chi connectivity index (χ2v) is 6.33. The van der Waals surface area contributed by atoms with Crippen LogP contribution in [0.15, 0.2) is 12.1 Å². The number of nitrogens with one attached hydrogen (secondary N) is 1. The van der Waals surface area contributed by atoms with E-state index in [1.165, 1.54) is 0 Å². The molecule has 23 heavy (non-hydrogen) atoms. The van der Waals surface area contributed by atoms with Crippen molar-refractivity contribution in [2.75, 3.05) is 50.8 Å². The zero-order chi connectivity index (χ0) is 15.8. The van der Waals surface area contributed by atoms with Crippen LogP contribution in [-0.4, -0.2) is 62.7 Å². The fraction of sp³-hybridized carbons (Fsp3) is 0.529. The molecule has 0 radical (unpaired) electrons. The molecule has 122 valence electrons. The molecule has 4 rings (SSSR count). The van der Waals surface area contributed by atoms with Gasteiger partial charge in [0.25, 0.3) is 5.91 Å². The van der Waals surface area contributed by atoms with Crippen molar-refractivity contribution in [2.24, 2.45) is 0 Å². The molecule has 3 heterocycles. The zero-order valence-corrected chi connectivity index (χ0v) is 13.1.